The minimum atomic E-state index is 1.37. The van der Waals surface area contributed by atoms with Gasteiger partial charge in [0.25, 0.3) is 0 Å². The topological polar surface area (TPSA) is 0 Å². The van der Waals surface area contributed by atoms with Crippen LogP contribution in [0.1, 0.15) is 118 Å². The highest BCUT2D eigenvalue weighted by molar-refractivity contribution is 4.88. The molecule has 0 aliphatic carbocycles. The third-order valence-electron chi connectivity index (χ3n) is 3.78. The zero-order valence-electron chi connectivity index (χ0n) is 15.3. The van der Waals surface area contributed by atoms with Crippen LogP contribution in [0.3, 0.4) is 0 Å². The largest absolute Gasteiger partial charge is 0.0890 e. The Kier molecular flexibility index (Phi) is 23.2. The van der Waals surface area contributed by atoms with Crippen LogP contribution < -0.4 is 0 Å². The molecule has 0 N–H and O–H groups in total. The van der Waals surface area contributed by atoms with Gasteiger partial charge in [0.1, 0.15) is 0 Å². The van der Waals surface area contributed by atoms with Gasteiger partial charge in [-0.3, -0.25) is 0 Å². The number of hydrogen-bond acceptors (Lipinski definition) is 0. The zero-order valence-corrected chi connectivity index (χ0v) is 15.3. The maximum Gasteiger partial charge on any atom is -0.0442 e. The summed E-state index contributed by atoms with van der Waals surface area (Å²) in [6, 6.07) is 0. The number of allylic oxidation sites excluding steroid dienone is 2. The van der Waals surface area contributed by atoms with Crippen LogP contribution in [0, 0.1) is 0 Å². The van der Waals surface area contributed by atoms with E-state index in [2.05, 4.69) is 33.8 Å². The van der Waals surface area contributed by atoms with E-state index in [1.54, 1.807) is 0 Å². The molecule has 0 aromatic rings. The molecule has 0 fully saturated rings. The van der Waals surface area contributed by atoms with Crippen LogP contribution in [0.4, 0.5) is 0 Å². The molecule has 0 heterocycles. The van der Waals surface area contributed by atoms with E-state index >= 15 is 0 Å². The van der Waals surface area contributed by atoms with Crippen LogP contribution in [0.25, 0.3) is 0 Å². The van der Waals surface area contributed by atoms with Gasteiger partial charge in [-0.15, -0.1) is 0 Å². The van der Waals surface area contributed by atoms with Crippen molar-refractivity contribution in [3.63, 3.8) is 0 Å². The summed E-state index contributed by atoms with van der Waals surface area (Å²) < 4.78 is 0. The second-order valence-electron chi connectivity index (χ2n) is 6.26. The highest BCUT2D eigenvalue weighted by Gasteiger charge is 1.92. The summed E-state index contributed by atoms with van der Waals surface area (Å²) in [6.45, 7) is 10.8. The van der Waals surface area contributed by atoms with Crippen molar-refractivity contribution in [2.75, 3.05) is 0 Å². The third-order valence-corrected chi connectivity index (χ3v) is 3.78. The molecule has 0 aromatic carbocycles. The summed E-state index contributed by atoms with van der Waals surface area (Å²) in [6.07, 6.45) is 21.0. The molecule has 0 spiro atoms. The first-order valence-corrected chi connectivity index (χ1v) is 9.28. The molecule has 0 radical (unpaired) electrons. The number of hydrogen-bond donors (Lipinski definition) is 0. The molecule has 0 nitrogen and oxygen atoms in total. The second-order valence-corrected chi connectivity index (χ2v) is 6.26. The number of unbranched alkanes of at least 4 members (excludes halogenated alkanes) is 12. The molecule has 0 saturated heterocycles. The van der Waals surface area contributed by atoms with Gasteiger partial charge in [-0.2, -0.15) is 0 Å². The van der Waals surface area contributed by atoms with E-state index in [0.29, 0.717) is 0 Å². The molecule has 20 heavy (non-hydrogen) atoms. The Morgan fingerprint density at radius 1 is 0.550 bits per heavy atom. The molecule has 0 bridgehead atoms. The van der Waals surface area contributed by atoms with Crippen molar-refractivity contribution < 1.29 is 0 Å². The van der Waals surface area contributed by atoms with Gasteiger partial charge in [0.15, 0.2) is 0 Å². The summed E-state index contributed by atoms with van der Waals surface area (Å²) in [5, 5.41) is 0. The Labute approximate surface area is 130 Å². The average molecular weight is 283 g/mol. The summed E-state index contributed by atoms with van der Waals surface area (Å²) in [7, 11) is 0. The van der Waals surface area contributed by atoms with E-state index < -0.39 is 0 Å². The molecule has 0 aliphatic heterocycles. The quantitative estimate of drug-likeness (QED) is 0.251. The minimum absolute atomic E-state index is 1.37. The first-order chi connectivity index (χ1) is 9.68. The van der Waals surface area contributed by atoms with Crippen molar-refractivity contribution in [3.05, 3.63) is 11.6 Å². The first-order valence-electron chi connectivity index (χ1n) is 9.28. The molecule has 0 amide bonds. The monoisotopic (exact) mass is 282 g/mol. The van der Waals surface area contributed by atoms with Crippen molar-refractivity contribution in [3.8, 4) is 0 Å². The highest BCUT2D eigenvalue weighted by Crippen LogP contribution is 2.12. The fraction of sp³-hybridized carbons (Fsp3) is 0.900. The molecule has 0 rings (SSSR count). The summed E-state index contributed by atoms with van der Waals surface area (Å²) in [5.41, 5.74) is 1.38. The second kappa shape index (κ2) is 21.0. The lowest BCUT2D eigenvalue weighted by Crippen LogP contribution is -1.82. The summed E-state index contributed by atoms with van der Waals surface area (Å²) >= 11 is 0. The van der Waals surface area contributed by atoms with Crippen molar-refractivity contribution in [2.45, 2.75) is 118 Å². The summed E-state index contributed by atoms with van der Waals surface area (Å²) in [4.78, 5) is 0. The fourth-order valence-electron chi connectivity index (χ4n) is 2.09. The van der Waals surface area contributed by atoms with E-state index in [-0.39, 0.29) is 0 Å². The Bertz CT molecular complexity index is 162. The van der Waals surface area contributed by atoms with E-state index in [1.807, 2.05) is 6.92 Å². The maximum absolute atomic E-state index is 2.29. The van der Waals surface area contributed by atoms with Gasteiger partial charge < -0.3 is 0 Å². The normalized spacial score (nSPS) is 9.85. The van der Waals surface area contributed by atoms with Crippen LogP contribution in [0.5, 0.6) is 0 Å². The number of rotatable bonds is 12. The Morgan fingerprint density at radius 3 is 0.900 bits per heavy atom. The third kappa shape index (κ3) is 26.3. The van der Waals surface area contributed by atoms with Gasteiger partial charge in [-0.1, -0.05) is 109 Å². The van der Waals surface area contributed by atoms with Crippen molar-refractivity contribution in [2.24, 2.45) is 0 Å². The molecule has 122 valence electrons. The fourth-order valence-corrected chi connectivity index (χ4v) is 2.09. The maximum atomic E-state index is 2.29. The van der Waals surface area contributed by atoms with Crippen molar-refractivity contribution in [1.29, 1.82) is 0 Å². The predicted octanol–water partition coefficient (Wildman–Crippen LogP) is 8.07. The van der Waals surface area contributed by atoms with Crippen LogP contribution in [-0.2, 0) is 0 Å². The standard InChI is InChI=1S/C15H32.C5H10/c1-3-5-7-9-11-13-15-14-12-10-8-6-4-2;1-4-5(2)3/h3-15H2,1-2H3;4H,1-3H3. The SMILES string of the molecule is CC=C(C)C.CCCCCCCCCCCCCCC. The average Bonchev–Trinajstić information content (AvgIpc) is 2.45. The van der Waals surface area contributed by atoms with E-state index in [0.717, 1.165) is 0 Å². The lowest BCUT2D eigenvalue weighted by Gasteiger charge is -2.01. The van der Waals surface area contributed by atoms with Gasteiger partial charge in [-0.05, 0) is 20.8 Å². The molecular weight excluding hydrogens is 240 g/mol. The van der Waals surface area contributed by atoms with Gasteiger partial charge in [0.05, 0.1) is 0 Å². The van der Waals surface area contributed by atoms with Crippen molar-refractivity contribution >= 4 is 0 Å². The predicted molar refractivity (Wildman–Crippen MR) is 96.5 cm³/mol. The zero-order chi connectivity index (χ0) is 15.5. The van der Waals surface area contributed by atoms with E-state index in [9.17, 15) is 0 Å². The molecule has 0 aromatic heterocycles. The minimum Gasteiger partial charge on any atom is -0.0890 e. The Balaban J connectivity index is 0. The molecular formula is C20H42. The lowest BCUT2D eigenvalue weighted by molar-refractivity contribution is 0.542. The summed E-state index contributed by atoms with van der Waals surface area (Å²) in [5.74, 6) is 0. The van der Waals surface area contributed by atoms with Gasteiger partial charge >= 0.3 is 0 Å². The first kappa shape index (κ1) is 22.0. The van der Waals surface area contributed by atoms with E-state index in [1.165, 1.54) is 89.0 Å². The van der Waals surface area contributed by atoms with Crippen LogP contribution in [0.2, 0.25) is 0 Å². The van der Waals surface area contributed by atoms with Crippen LogP contribution in [0.15, 0.2) is 11.6 Å². The van der Waals surface area contributed by atoms with Crippen molar-refractivity contribution in [1.82, 2.24) is 0 Å². The van der Waals surface area contributed by atoms with Crippen LogP contribution in [-0.4, -0.2) is 0 Å². The molecule has 0 saturated carbocycles. The molecule has 0 heteroatoms. The van der Waals surface area contributed by atoms with Gasteiger partial charge in [-0.25, -0.2) is 0 Å². The Hall–Kier alpha value is -0.260. The molecule has 0 aliphatic rings. The van der Waals surface area contributed by atoms with Crippen LogP contribution >= 0.6 is 0 Å². The Morgan fingerprint density at radius 2 is 0.750 bits per heavy atom. The highest BCUT2D eigenvalue weighted by atomic mass is 14.0. The van der Waals surface area contributed by atoms with E-state index in [4.69, 9.17) is 0 Å². The van der Waals surface area contributed by atoms with Gasteiger partial charge in [0.2, 0.25) is 0 Å². The smallest absolute Gasteiger partial charge is 0.0442 e. The van der Waals surface area contributed by atoms with Gasteiger partial charge in [0, 0.05) is 0 Å². The molecule has 0 atom stereocenters. The lowest BCUT2D eigenvalue weighted by atomic mass is 10.1. The molecule has 0 unspecified atom stereocenters.